The molecular formula is C10H11F4N. The van der Waals surface area contributed by atoms with Crippen molar-refractivity contribution in [1.29, 1.82) is 0 Å². The monoisotopic (exact) mass is 221 g/mol. The molecule has 0 saturated heterocycles. The Morgan fingerprint density at radius 1 is 1.00 bits per heavy atom. The number of nitrogens with one attached hydrogen (secondary N) is 1. The van der Waals surface area contributed by atoms with Gasteiger partial charge in [-0.15, -0.1) is 0 Å². The van der Waals surface area contributed by atoms with Gasteiger partial charge < -0.3 is 5.32 Å². The van der Waals surface area contributed by atoms with E-state index in [2.05, 4.69) is 5.32 Å². The summed E-state index contributed by atoms with van der Waals surface area (Å²) in [5.41, 5.74) is -1.82. The molecule has 0 fully saturated rings. The minimum atomic E-state index is -1.40. The van der Waals surface area contributed by atoms with Crippen LogP contribution in [0.5, 0.6) is 0 Å². The Bertz CT molecular complexity index is 361. The molecule has 0 bridgehead atoms. The largest absolute Gasteiger partial charge is 0.311 e. The molecule has 5 heteroatoms. The molecule has 1 rings (SSSR count). The van der Waals surface area contributed by atoms with Crippen molar-refractivity contribution in [3.8, 4) is 0 Å². The molecule has 0 aliphatic heterocycles. The smallest absolute Gasteiger partial charge is 0.167 e. The van der Waals surface area contributed by atoms with Crippen molar-refractivity contribution in [2.24, 2.45) is 0 Å². The van der Waals surface area contributed by atoms with Crippen LogP contribution >= 0.6 is 0 Å². The lowest BCUT2D eigenvalue weighted by Crippen LogP contribution is -2.36. The average molecular weight is 221 g/mol. The third kappa shape index (κ3) is 1.97. The van der Waals surface area contributed by atoms with Gasteiger partial charge in [0.1, 0.15) is 0 Å². The number of benzene rings is 1. The number of halogens is 4. The van der Waals surface area contributed by atoms with Gasteiger partial charge in [-0.05, 0) is 20.9 Å². The Labute approximate surface area is 85.1 Å². The molecule has 1 aromatic rings. The Kier molecular flexibility index (Phi) is 3.04. The summed E-state index contributed by atoms with van der Waals surface area (Å²) in [6.07, 6.45) is 0. The normalized spacial score (nSPS) is 11.9. The molecule has 0 radical (unpaired) electrons. The molecule has 1 aromatic carbocycles. The summed E-state index contributed by atoms with van der Waals surface area (Å²) in [5.74, 6) is -5.53. The predicted octanol–water partition coefficient (Wildman–Crippen LogP) is 2.70. The van der Waals surface area contributed by atoms with Crippen molar-refractivity contribution >= 4 is 0 Å². The number of hydrogen-bond acceptors (Lipinski definition) is 1. The van der Waals surface area contributed by atoms with Crippen LogP contribution in [0.15, 0.2) is 6.07 Å². The third-order valence-corrected chi connectivity index (χ3v) is 2.36. The van der Waals surface area contributed by atoms with Crippen LogP contribution in [0, 0.1) is 23.3 Å². The van der Waals surface area contributed by atoms with Crippen molar-refractivity contribution < 1.29 is 17.6 Å². The molecule has 0 aliphatic carbocycles. The standard InChI is InChI=1S/C10H11F4N/c1-10(2,15-3)7-8(13)5(11)4-6(12)9(7)14/h4,15H,1-3H3. The van der Waals surface area contributed by atoms with Gasteiger partial charge >= 0.3 is 0 Å². The summed E-state index contributed by atoms with van der Waals surface area (Å²) in [5, 5.41) is 2.58. The first-order chi connectivity index (χ1) is 6.81. The van der Waals surface area contributed by atoms with Crippen LogP contribution < -0.4 is 5.32 Å². The second kappa shape index (κ2) is 3.81. The van der Waals surface area contributed by atoms with Gasteiger partial charge in [0, 0.05) is 17.2 Å². The van der Waals surface area contributed by atoms with E-state index in [9.17, 15) is 17.6 Å². The first kappa shape index (κ1) is 12.0. The van der Waals surface area contributed by atoms with Gasteiger partial charge in [-0.3, -0.25) is 0 Å². The fraction of sp³-hybridized carbons (Fsp3) is 0.400. The van der Waals surface area contributed by atoms with Crippen molar-refractivity contribution in [3.63, 3.8) is 0 Å². The molecule has 0 heterocycles. The summed E-state index contributed by atoms with van der Waals surface area (Å²) in [4.78, 5) is 0. The molecule has 0 amide bonds. The van der Waals surface area contributed by atoms with E-state index < -0.39 is 34.4 Å². The van der Waals surface area contributed by atoms with E-state index in [1.165, 1.54) is 20.9 Å². The van der Waals surface area contributed by atoms with Gasteiger partial charge in [-0.1, -0.05) is 0 Å². The summed E-state index contributed by atoms with van der Waals surface area (Å²) in [7, 11) is 1.45. The highest BCUT2D eigenvalue weighted by Gasteiger charge is 2.30. The van der Waals surface area contributed by atoms with Gasteiger partial charge in [0.25, 0.3) is 0 Å². The van der Waals surface area contributed by atoms with E-state index in [1.54, 1.807) is 0 Å². The average Bonchev–Trinajstić information content (AvgIpc) is 2.15. The zero-order chi connectivity index (χ0) is 11.8. The van der Waals surface area contributed by atoms with Crippen molar-refractivity contribution in [1.82, 2.24) is 5.32 Å². The zero-order valence-electron chi connectivity index (χ0n) is 8.59. The van der Waals surface area contributed by atoms with E-state index in [1.807, 2.05) is 0 Å². The topological polar surface area (TPSA) is 12.0 Å². The summed E-state index contributed by atoms with van der Waals surface area (Å²) >= 11 is 0. The van der Waals surface area contributed by atoms with Crippen LogP contribution in [0.3, 0.4) is 0 Å². The molecular weight excluding hydrogens is 210 g/mol. The maximum atomic E-state index is 13.3. The van der Waals surface area contributed by atoms with Gasteiger partial charge in [0.05, 0.1) is 0 Å². The lowest BCUT2D eigenvalue weighted by atomic mass is 9.93. The number of rotatable bonds is 2. The fourth-order valence-electron chi connectivity index (χ4n) is 1.25. The van der Waals surface area contributed by atoms with E-state index in [4.69, 9.17) is 0 Å². The van der Waals surface area contributed by atoms with Gasteiger partial charge in [-0.2, -0.15) is 0 Å². The van der Waals surface area contributed by atoms with Crippen LogP contribution in [0.1, 0.15) is 19.4 Å². The van der Waals surface area contributed by atoms with Crippen LogP contribution in [-0.4, -0.2) is 7.05 Å². The maximum Gasteiger partial charge on any atom is 0.167 e. The molecule has 1 nitrogen and oxygen atoms in total. The summed E-state index contributed by atoms with van der Waals surface area (Å²) in [6, 6.07) is 0.194. The Balaban J connectivity index is 3.53. The van der Waals surface area contributed by atoms with Crippen LogP contribution in [0.4, 0.5) is 17.6 Å². The predicted molar refractivity (Wildman–Crippen MR) is 48.4 cm³/mol. The van der Waals surface area contributed by atoms with Gasteiger partial charge in [0.15, 0.2) is 23.3 Å². The van der Waals surface area contributed by atoms with Crippen LogP contribution in [0.25, 0.3) is 0 Å². The summed E-state index contributed by atoms with van der Waals surface area (Å²) < 4.78 is 52.4. The molecule has 0 unspecified atom stereocenters. The highest BCUT2D eigenvalue weighted by Crippen LogP contribution is 2.28. The van der Waals surface area contributed by atoms with Gasteiger partial charge in [0.2, 0.25) is 0 Å². The quantitative estimate of drug-likeness (QED) is 0.598. The number of hydrogen-bond donors (Lipinski definition) is 1. The summed E-state index contributed by atoms with van der Waals surface area (Å²) in [6.45, 7) is 2.85. The Morgan fingerprint density at radius 3 is 1.73 bits per heavy atom. The SMILES string of the molecule is CNC(C)(C)c1c(F)c(F)cc(F)c1F. The molecule has 0 atom stereocenters. The lowest BCUT2D eigenvalue weighted by molar-refractivity contribution is 0.361. The molecule has 84 valence electrons. The van der Waals surface area contributed by atoms with E-state index in [0.717, 1.165) is 0 Å². The second-order valence-corrected chi connectivity index (χ2v) is 3.72. The molecule has 1 N–H and O–H groups in total. The molecule has 15 heavy (non-hydrogen) atoms. The second-order valence-electron chi connectivity index (χ2n) is 3.72. The van der Waals surface area contributed by atoms with Crippen LogP contribution in [-0.2, 0) is 5.54 Å². The zero-order valence-corrected chi connectivity index (χ0v) is 8.59. The highest BCUT2D eigenvalue weighted by atomic mass is 19.2. The van der Waals surface area contributed by atoms with Gasteiger partial charge in [-0.25, -0.2) is 17.6 Å². The van der Waals surface area contributed by atoms with Crippen molar-refractivity contribution in [2.45, 2.75) is 19.4 Å². The first-order valence-corrected chi connectivity index (χ1v) is 4.33. The third-order valence-electron chi connectivity index (χ3n) is 2.36. The first-order valence-electron chi connectivity index (χ1n) is 4.33. The fourth-order valence-corrected chi connectivity index (χ4v) is 1.25. The van der Waals surface area contributed by atoms with E-state index >= 15 is 0 Å². The van der Waals surface area contributed by atoms with Crippen LogP contribution in [0.2, 0.25) is 0 Å². The highest BCUT2D eigenvalue weighted by molar-refractivity contribution is 5.28. The minimum absolute atomic E-state index is 0.194. The van der Waals surface area contributed by atoms with Crippen molar-refractivity contribution in [2.75, 3.05) is 7.05 Å². The Hall–Kier alpha value is -1.10. The lowest BCUT2D eigenvalue weighted by Gasteiger charge is -2.25. The molecule has 0 saturated carbocycles. The van der Waals surface area contributed by atoms with Crippen molar-refractivity contribution in [3.05, 3.63) is 34.9 Å². The Morgan fingerprint density at radius 2 is 1.40 bits per heavy atom. The van der Waals surface area contributed by atoms with E-state index in [0.29, 0.717) is 0 Å². The van der Waals surface area contributed by atoms with E-state index in [-0.39, 0.29) is 6.07 Å². The maximum absolute atomic E-state index is 13.3. The molecule has 0 aromatic heterocycles. The molecule has 0 aliphatic rings. The minimum Gasteiger partial charge on any atom is -0.311 e. The molecule has 0 spiro atoms.